The molecule has 1 aromatic rings. The maximum Gasteiger partial charge on any atom is 0.0223 e. The molecule has 3 nitrogen and oxygen atoms in total. The van der Waals surface area contributed by atoms with Crippen LogP contribution in [0.25, 0.3) is 0 Å². The first kappa shape index (κ1) is 13.6. The Morgan fingerprint density at radius 3 is 2.56 bits per heavy atom. The lowest BCUT2D eigenvalue weighted by molar-refractivity contribution is 0.335. The smallest absolute Gasteiger partial charge is 0.0223 e. The van der Waals surface area contributed by atoms with E-state index in [-0.39, 0.29) is 0 Å². The summed E-state index contributed by atoms with van der Waals surface area (Å²) in [6.45, 7) is 13.6. The number of aromatic nitrogens is 1. The molecule has 18 heavy (non-hydrogen) atoms. The van der Waals surface area contributed by atoms with Crippen molar-refractivity contribution in [3.63, 3.8) is 0 Å². The Morgan fingerprint density at radius 2 is 1.94 bits per heavy atom. The SMILES string of the molecule is CCn1c(C)cc(CNCCN2CCCC2)c1C. The van der Waals surface area contributed by atoms with Gasteiger partial charge in [0.25, 0.3) is 0 Å². The maximum atomic E-state index is 3.58. The molecule has 1 fully saturated rings. The number of rotatable bonds is 6. The Hall–Kier alpha value is -0.800. The Labute approximate surface area is 111 Å². The van der Waals surface area contributed by atoms with Crippen LogP contribution in [0, 0.1) is 13.8 Å². The molecular formula is C15H27N3. The van der Waals surface area contributed by atoms with E-state index in [1.165, 1.54) is 49.4 Å². The van der Waals surface area contributed by atoms with Crippen molar-refractivity contribution in [2.45, 2.75) is 46.7 Å². The molecule has 2 rings (SSSR count). The first-order valence-corrected chi connectivity index (χ1v) is 7.31. The van der Waals surface area contributed by atoms with E-state index in [1.807, 2.05) is 0 Å². The van der Waals surface area contributed by atoms with Crippen molar-refractivity contribution in [3.8, 4) is 0 Å². The molecule has 0 radical (unpaired) electrons. The molecule has 0 bridgehead atoms. The quantitative estimate of drug-likeness (QED) is 0.781. The third kappa shape index (κ3) is 3.15. The fourth-order valence-electron chi connectivity index (χ4n) is 3.00. The Bertz CT molecular complexity index is 375. The molecule has 2 heterocycles. The molecule has 0 unspecified atom stereocenters. The van der Waals surface area contributed by atoms with Crippen molar-refractivity contribution in [3.05, 3.63) is 23.0 Å². The maximum absolute atomic E-state index is 3.58. The van der Waals surface area contributed by atoms with Gasteiger partial charge in [-0.15, -0.1) is 0 Å². The molecule has 1 saturated heterocycles. The summed E-state index contributed by atoms with van der Waals surface area (Å²) in [5, 5.41) is 3.58. The van der Waals surface area contributed by atoms with Crippen LogP contribution in [0.4, 0.5) is 0 Å². The van der Waals surface area contributed by atoms with Gasteiger partial charge in [0.05, 0.1) is 0 Å². The van der Waals surface area contributed by atoms with Crippen LogP contribution in [0.3, 0.4) is 0 Å². The standard InChI is InChI=1S/C15H27N3/c1-4-18-13(2)11-15(14(18)3)12-16-7-10-17-8-5-6-9-17/h11,16H,4-10,12H2,1-3H3. The zero-order valence-corrected chi connectivity index (χ0v) is 12.1. The average molecular weight is 249 g/mol. The van der Waals surface area contributed by atoms with E-state index in [0.717, 1.165) is 19.6 Å². The van der Waals surface area contributed by atoms with E-state index in [4.69, 9.17) is 0 Å². The van der Waals surface area contributed by atoms with E-state index in [0.29, 0.717) is 0 Å². The third-order valence-corrected chi connectivity index (χ3v) is 4.11. The minimum atomic E-state index is 1.01. The van der Waals surface area contributed by atoms with Crippen molar-refractivity contribution >= 4 is 0 Å². The molecule has 0 atom stereocenters. The second kappa shape index (κ2) is 6.39. The van der Waals surface area contributed by atoms with Crippen molar-refractivity contribution in [2.24, 2.45) is 0 Å². The summed E-state index contributed by atoms with van der Waals surface area (Å²) in [5.41, 5.74) is 4.26. The highest BCUT2D eigenvalue weighted by molar-refractivity contribution is 5.26. The van der Waals surface area contributed by atoms with Gasteiger partial charge in [0.2, 0.25) is 0 Å². The largest absolute Gasteiger partial charge is 0.349 e. The highest BCUT2D eigenvalue weighted by Crippen LogP contribution is 2.14. The summed E-state index contributed by atoms with van der Waals surface area (Å²) in [5.74, 6) is 0. The van der Waals surface area contributed by atoms with E-state index in [9.17, 15) is 0 Å². The summed E-state index contributed by atoms with van der Waals surface area (Å²) in [6.07, 6.45) is 2.77. The fourth-order valence-corrected chi connectivity index (χ4v) is 3.00. The Balaban J connectivity index is 1.76. The van der Waals surface area contributed by atoms with Crippen LogP contribution < -0.4 is 5.32 Å². The molecule has 1 N–H and O–H groups in total. The van der Waals surface area contributed by atoms with Gasteiger partial charge in [0, 0.05) is 37.6 Å². The van der Waals surface area contributed by atoms with E-state index < -0.39 is 0 Å². The molecule has 102 valence electrons. The lowest BCUT2D eigenvalue weighted by atomic mass is 10.2. The lowest BCUT2D eigenvalue weighted by Crippen LogP contribution is -2.29. The van der Waals surface area contributed by atoms with Crippen LogP contribution >= 0.6 is 0 Å². The first-order chi connectivity index (χ1) is 8.72. The van der Waals surface area contributed by atoms with Gasteiger partial charge < -0.3 is 14.8 Å². The topological polar surface area (TPSA) is 20.2 Å². The van der Waals surface area contributed by atoms with Crippen molar-refractivity contribution in [1.29, 1.82) is 0 Å². The van der Waals surface area contributed by atoms with Crippen molar-refractivity contribution < 1.29 is 0 Å². The molecule has 1 aliphatic rings. The number of likely N-dealkylation sites (tertiary alicyclic amines) is 1. The van der Waals surface area contributed by atoms with Gasteiger partial charge in [-0.25, -0.2) is 0 Å². The monoisotopic (exact) mass is 249 g/mol. The molecule has 0 spiro atoms. The van der Waals surface area contributed by atoms with Gasteiger partial charge in [-0.3, -0.25) is 0 Å². The van der Waals surface area contributed by atoms with Crippen molar-refractivity contribution in [1.82, 2.24) is 14.8 Å². The molecule has 1 aromatic heterocycles. The van der Waals surface area contributed by atoms with Gasteiger partial charge in [-0.2, -0.15) is 0 Å². The molecule has 0 saturated carbocycles. The molecular weight excluding hydrogens is 222 g/mol. The highest BCUT2D eigenvalue weighted by Gasteiger charge is 2.11. The number of hydrogen-bond acceptors (Lipinski definition) is 2. The molecule has 0 aliphatic carbocycles. The van der Waals surface area contributed by atoms with Crippen LogP contribution in [0.1, 0.15) is 36.7 Å². The number of nitrogens with one attached hydrogen (secondary N) is 1. The number of hydrogen-bond donors (Lipinski definition) is 1. The molecule has 1 aliphatic heterocycles. The summed E-state index contributed by atoms with van der Waals surface area (Å²) in [4.78, 5) is 2.56. The Morgan fingerprint density at radius 1 is 1.22 bits per heavy atom. The molecule has 0 aromatic carbocycles. The van der Waals surface area contributed by atoms with Gasteiger partial charge in [-0.1, -0.05) is 0 Å². The normalized spacial score (nSPS) is 16.6. The second-order valence-electron chi connectivity index (χ2n) is 5.37. The van der Waals surface area contributed by atoms with Gasteiger partial charge in [-0.05, 0) is 58.3 Å². The van der Waals surface area contributed by atoms with Gasteiger partial charge in [0.1, 0.15) is 0 Å². The minimum absolute atomic E-state index is 1.01. The summed E-state index contributed by atoms with van der Waals surface area (Å²) in [6, 6.07) is 2.32. The van der Waals surface area contributed by atoms with Crippen LogP contribution in [-0.2, 0) is 13.1 Å². The molecule has 0 amide bonds. The Kier molecular flexibility index (Phi) is 4.84. The minimum Gasteiger partial charge on any atom is -0.349 e. The van der Waals surface area contributed by atoms with Gasteiger partial charge >= 0.3 is 0 Å². The summed E-state index contributed by atoms with van der Waals surface area (Å²) < 4.78 is 2.39. The predicted molar refractivity (Wildman–Crippen MR) is 77.0 cm³/mol. The van der Waals surface area contributed by atoms with Gasteiger partial charge in [0.15, 0.2) is 0 Å². The van der Waals surface area contributed by atoms with E-state index >= 15 is 0 Å². The van der Waals surface area contributed by atoms with Crippen molar-refractivity contribution in [2.75, 3.05) is 26.2 Å². The first-order valence-electron chi connectivity index (χ1n) is 7.31. The van der Waals surface area contributed by atoms with E-state index in [1.54, 1.807) is 0 Å². The fraction of sp³-hybridized carbons (Fsp3) is 0.733. The second-order valence-corrected chi connectivity index (χ2v) is 5.37. The van der Waals surface area contributed by atoms with Crippen LogP contribution in [0.5, 0.6) is 0 Å². The van der Waals surface area contributed by atoms with Crippen LogP contribution in [0.2, 0.25) is 0 Å². The number of aryl methyl sites for hydroxylation is 1. The lowest BCUT2D eigenvalue weighted by Gasteiger charge is -2.14. The van der Waals surface area contributed by atoms with Crippen LogP contribution in [-0.4, -0.2) is 35.6 Å². The summed E-state index contributed by atoms with van der Waals surface area (Å²) >= 11 is 0. The highest BCUT2D eigenvalue weighted by atomic mass is 15.1. The third-order valence-electron chi connectivity index (χ3n) is 4.11. The molecule has 3 heteroatoms. The average Bonchev–Trinajstić information content (AvgIpc) is 2.94. The van der Waals surface area contributed by atoms with Crippen LogP contribution in [0.15, 0.2) is 6.07 Å². The zero-order valence-electron chi connectivity index (χ0n) is 12.1. The zero-order chi connectivity index (χ0) is 13.0. The number of nitrogens with zero attached hydrogens (tertiary/aromatic N) is 2. The summed E-state index contributed by atoms with van der Waals surface area (Å²) in [7, 11) is 0. The predicted octanol–water partition coefficient (Wildman–Crippen LogP) is 2.31. The van der Waals surface area contributed by atoms with E-state index in [2.05, 4.69) is 41.6 Å².